The molecule has 5 heteroatoms. The van der Waals surface area contributed by atoms with Crippen LogP contribution in [0.4, 0.5) is 11.4 Å². The molecule has 0 aliphatic heterocycles. The van der Waals surface area contributed by atoms with Crippen LogP contribution >= 0.6 is 0 Å². The van der Waals surface area contributed by atoms with Gasteiger partial charge in [0.2, 0.25) is 0 Å². The van der Waals surface area contributed by atoms with Crippen molar-refractivity contribution in [2.45, 2.75) is 6.92 Å². The van der Waals surface area contributed by atoms with Crippen LogP contribution in [0.1, 0.15) is 12.5 Å². The van der Waals surface area contributed by atoms with Crippen molar-refractivity contribution in [2.24, 2.45) is 11.5 Å². The maximum absolute atomic E-state index is 6.05. The Hall–Kier alpha value is -6.17. The average molecular weight is 642 g/mol. The summed E-state index contributed by atoms with van der Waals surface area (Å²) in [5.74, 6) is 0. The fourth-order valence-electron chi connectivity index (χ4n) is 5.69. The Morgan fingerprint density at radius 3 is 1.61 bits per heavy atom. The zero-order valence-corrected chi connectivity index (χ0v) is 28.3. The highest BCUT2D eigenvalue weighted by Gasteiger charge is 2.11. The zero-order valence-electron chi connectivity index (χ0n) is 28.3. The molecule has 6 aromatic rings. The Balaban J connectivity index is 0.00000230. The van der Waals surface area contributed by atoms with Crippen LogP contribution in [-0.4, -0.2) is 19.1 Å². The van der Waals surface area contributed by atoms with Crippen LogP contribution in [0.5, 0.6) is 0 Å². The number of hydrogen-bond acceptors (Lipinski definition) is 5. The van der Waals surface area contributed by atoms with Crippen LogP contribution in [0.25, 0.3) is 61.5 Å². The molecule has 0 saturated heterocycles. The first-order valence-corrected chi connectivity index (χ1v) is 16.2. The number of aromatic nitrogens is 1. The summed E-state index contributed by atoms with van der Waals surface area (Å²) in [5, 5.41) is 3.23. The largest absolute Gasteiger partial charge is 0.402 e. The van der Waals surface area contributed by atoms with Crippen LogP contribution in [0.15, 0.2) is 164 Å². The van der Waals surface area contributed by atoms with Crippen molar-refractivity contribution >= 4 is 16.9 Å². The lowest BCUT2D eigenvalue weighted by Gasteiger charge is -2.12. The molecule has 0 amide bonds. The Labute approximate surface area is 290 Å². The summed E-state index contributed by atoms with van der Waals surface area (Å²) in [5.41, 5.74) is 31.8. The van der Waals surface area contributed by atoms with Gasteiger partial charge in [0.05, 0.1) is 11.4 Å². The standard InChI is InChI=1S/C43H38N4.CH5N/c1-4-7-36(24-29(2)44)30-16-20-34(21-17-30)42-27-39(33-14-12-31(13-15-33)37-8-5-10-40(45)25-37)28-43(47-42)35-22-18-32(19-23-35)38-9-6-11-41(26-38)46-3;1-2/h4-28,46H,1,44-45H2,2-3H3;2H2,1H3/b29-24+,36-7+;. The minimum Gasteiger partial charge on any atom is -0.402 e. The molecule has 0 fully saturated rings. The van der Waals surface area contributed by atoms with Crippen molar-refractivity contribution in [3.05, 3.63) is 170 Å². The van der Waals surface area contributed by atoms with Gasteiger partial charge in [-0.15, -0.1) is 0 Å². The third-order valence-electron chi connectivity index (χ3n) is 8.12. The lowest BCUT2D eigenvalue weighted by atomic mass is 9.96. The molecule has 0 spiro atoms. The second-order valence-electron chi connectivity index (χ2n) is 11.6. The topological polar surface area (TPSA) is 103 Å². The summed E-state index contributed by atoms with van der Waals surface area (Å²) in [6.45, 7) is 5.75. The van der Waals surface area contributed by atoms with E-state index in [-0.39, 0.29) is 0 Å². The lowest BCUT2D eigenvalue weighted by Crippen LogP contribution is -1.93. The second-order valence-corrected chi connectivity index (χ2v) is 11.6. The number of anilines is 2. The van der Waals surface area contributed by atoms with Gasteiger partial charge in [0.25, 0.3) is 0 Å². The number of nitrogens with two attached hydrogens (primary N) is 3. The van der Waals surface area contributed by atoms with Gasteiger partial charge in [-0.1, -0.05) is 116 Å². The molecule has 49 heavy (non-hydrogen) atoms. The zero-order chi connectivity index (χ0) is 34.8. The highest BCUT2D eigenvalue weighted by atomic mass is 14.8. The molecule has 1 aromatic heterocycles. The molecule has 5 aromatic carbocycles. The predicted molar refractivity (Wildman–Crippen MR) is 212 cm³/mol. The number of rotatable bonds is 9. The van der Waals surface area contributed by atoms with E-state index in [9.17, 15) is 0 Å². The van der Waals surface area contributed by atoms with Gasteiger partial charge in [-0.05, 0) is 101 Å². The third-order valence-corrected chi connectivity index (χ3v) is 8.12. The van der Waals surface area contributed by atoms with Gasteiger partial charge in [0.1, 0.15) is 0 Å². The van der Waals surface area contributed by atoms with E-state index in [2.05, 4.69) is 133 Å². The van der Waals surface area contributed by atoms with E-state index in [0.717, 1.165) is 84.1 Å². The maximum atomic E-state index is 6.05. The summed E-state index contributed by atoms with van der Waals surface area (Å²) < 4.78 is 0. The minimum absolute atomic E-state index is 0.740. The first-order chi connectivity index (χ1) is 23.9. The molecule has 0 aliphatic rings. The first kappa shape index (κ1) is 34.2. The molecular weight excluding hydrogens is 599 g/mol. The SMILES string of the molecule is C=C/C=C(\C=C(/C)N)c1ccc(-c2cc(-c3ccc(-c4cccc(N)c4)cc3)cc(-c3ccc(-c4cccc(NC)c4)cc3)n2)cc1.CN. The fraction of sp³-hybridized carbons (Fsp3) is 0.0682. The molecule has 0 atom stereocenters. The quantitative estimate of drug-likeness (QED) is 0.0929. The Morgan fingerprint density at radius 2 is 1.10 bits per heavy atom. The number of nitrogens with zero attached hydrogens (tertiary/aromatic N) is 1. The Bertz CT molecular complexity index is 2080. The van der Waals surface area contributed by atoms with Gasteiger partial charge in [-0.25, -0.2) is 4.98 Å². The van der Waals surface area contributed by atoms with E-state index in [1.54, 1.807) is 6.08 Å². The van der Waals surface area contributed by atoms with E-state index >= 15 is 0 Å². The maximum Gasteiger partial charge on any atom is 0.0715 e. The van der Waals surface area contributed by atoms with Gasteiger partial charge in [0.15, 0.2) is 0 Å². The monoisotopic (exact) mass is 641 g/mol. The molecule has 5 nitrogen and oxygen atoms in total. The second kappa shape index (κ2) is 16.1. The minimum atomic E-state index is 0.740. The van der Waals surface area contributed by atoms with E-state index in [1.807, 2.05) is 44.3 Å². The first-order valence-electron chi connectivity index (χ1n) is 16.2. The summed E-state index contributed by atoms with van der Waals surface area (Å²) in [4.78, 5) is 5.18. The molecule has 6 rings (SSSR count). The van der Waals surface area contributed by atoms with Gasteiger partial charge in [-0.2, -0.15) is 0 Å². The highest BCUT2D eigenvalue weighted by molar-refractivity contribution is 5.81. The molecule has 0 aliphatic carbocycles. The molecular formula is C44H43N5. The Kier molecular flexibility index (Phi) is 11.2. The van der Waals surface area contributed by atoms with Gasteiger partial charge >= 0.3 is 0 Å². The third kappa shape index (κ3) is 8.41. The number of nitrogens with one attached hydrogen (secondary N) is 1. The molecule has 0 unspecified atom stereocenters. The smallest absolute Gasteiger partial charge is 0.0715 e. The van der Waals surface area contributed by atoms with E-state index in [4.69, 9.17) is 16.5 Å². The van der Waals surface area contributed by atoms with Crippen molar-refractivity contribution in [3.63, 3.8) is 0 Å². The fourth-order valence-corrected chi connectivity index (χ4v) is 5.69. The highest BCUT2D eigenvalue weighted by Crippen LogP contribution is 2.33. The van der Waals surface area contributed by atoms with Crippen molar-refractivity contribution < 1.29 is 0 Å². The van der Waals surface area contributed by atoms with Gasteiger partial charge in [0, 0.05) is 35.2 Å². The average Bonchev–Trinajstić information content (AvgIpc) is 3.15. The summed E-state index contributed by atoms with van der Waals surface area (Å²) >= 11 is 0. The molecule has 0 bridgehead atoms. The number of nitrogen functional groups attached to an aromatic ring is 1. The van der Waals surface area contributed by atoms with Crippen LogP contribution in [0, 0.1) is 0 Å². The molecule has 7 N–H and O–H groups in total. The van der Waals surface area contributed by atoms with Crippen molar-refractivity contribution in [1.82, 2.24) is 4.98 Å². The predicted octanol–water partition coefficient (Wildman–Crippen LogP) is 10.0. The van der Waals surface area contributed by atoms with Gasteiger partial charge in [-0.3, -0.25) is 0 Å². The normalized spacial score (nSPS) is 11.3. The summed E-state index contributed by atoms with van der Waals surface area (Å²) in [6, 6.07) is 46.4. The number of hydrogen-bond donors (Lipinski definition) is 4. The van der Waals surface area contributed by atoms with Crippen LogP contribution in [-0.2, 0) is 0 Å². The molecule has 0 radical (unpaired) electrons. The summed E-state index contributed by atoms with van der Waals surface area (Å²) in [7, 11) is 3.44. The molecule has 244 valence electrons. The van der Waals surface area contributed by atoms with Crippen molar-refractivity contribution in [1.29, 1.82) is 0 Å². The van der Waals surface area contributed by atoms with Crippen molar-refractivity contribution in [2.75, 3.05) is 25.1 Å². The number of benzene rings is 5. The molecule has 0 saturated carbocycles. The number of allylic oxidation sites excluding steroid dienone is 5. The van der Waals surface area contributed by atoms with Gasteiger partial charge < -0.3 is 22.5 Å². The lowest BCUT2D eigenvalue weighted by molar-refractivity contribution is 1.31. The Morgan fingerprint density at radius 1 is 0.612 bits per heavy atom. The van der Waals surface area contributed by atoms with Crippen molar-refractivity contribution in [3.8, 4) is 55.9 Å². The van der Waals surface area contributed by atoms with E-state index < -0.39 is 0 Å². The van der Waals surface area contributed by atoms with Crippen LogP contribution < -0.4 is 22.5 Å². The van der Waals surface area contributed by atoms with Crippen LogP contribution in [0.2, 0.25) is 0 Å². The van der Waals surface area contributed by atoms with Crippen LogP contribution in [0.3, 0.4) is 0 Å². The van der Waals surface area contributed by atoms with E-state index in [0.29, 0.717) is 0 Å². The van der Waals surface area contributed by atoms with E-state index in [1.165, 1.54) is 7.05 Å². The summed E-state index contributed by atoms with van der Waals surface area (Å²) in [6.07, 6.45) is 5.70. The number of pyridine rings is 1. The molecule has 1 heterocycles.